The molecule has 0 atom stereocenters. The number of likely N-dealkylation sites (N-methyl/N-ethyl adjacent to an activating group) is 1. The summed E-state index contributed by atoms with van der Waals surface area (Å²) in [5.41, 5.74) is 1.18. The SMILES string of the molecule is CCc1ccc(OCC(=O)OCC(=O)N(C)CC(=O)NC2CC2)cc1. The molecule has 0 aliphatic heterocycles. The fourth-order valence-corrected chi connectivity index (χ4v) is 2.06. The predicted octanol–water partition coefficient (Wildman–Crippen LogP) is 0.908. The van der Waals surface area contributed by atoms with Gasteiger partial charge in [-0.1, -0.05) is 19.1 Å². The van der Waals surface area contributed by atoms with E-state index in [2.05, 4.69) is 12.2 Å². The van der Waals surface area contributed by atoms with E-state index in [4.69, 9.17) is 9.47 Å². The molecule has 0 saturated heterocycles. The number of esters is 1. The lowest BCUT2D eigenvalue weighted by Gasteiger charge is -2.16. The molecule has 1 fully saturated rings. The van der Waals surface area contributed by atoms with E-state index in [1.807, 2.05) is 12.1 Å². The van der Waals surface area contributed by atoms with E-state index in [-0.39, 0.29) is 25.1 Å². The molecule has 0 radical (unpaired) electrons. The van der Waals surface area contributed by atoms with Crippen molar-refractivity contribution in [2.45, 2.75) is 32.2 Å². The molecule has 1 aromatic rings. The van der Waals surface area contributed by atoms with Crippen LogP contribution in [0.3, 0.4) is 0 Å². The zero-order valence-electron chi connectivity index (χ0n) is 14.6. The van der Waals surface area contributed by atoms with Gasteiger partial charge in [0.1, 0.15) is 5.75 Å². The van der Waals surface area contributed by atoms with Gasteiger partial charge in [0.15, 0.2) is 13.2 Å². The van der Waals surface area contributed by atoms with Crippen molar-refractivity contribution in [1.29, 1.82) is 0 Å². The van der Waals surface area contributed by atoms with Crippen LogP contribution in [0.4, 0.5) is 0 Å². The van der Waals surface area contributed by atoms with Crippen LogP contribution in [0.5, 0.6) is 5.75 Å². The standard InChI is InChI=1S/C18H24N2O5/c1-3-13-4-8-15(9-5-13)24-12-18(23)25-11-17(22)20(2)10-16(21)19-14-6-7-14/h4-5,8-9,14H,3,6-7,10-12H2,1-2H3,(H,19,21). The zero-order chi connectivity index (χ0) is 18.2. The molecule has 1 aromatic carbocycles. The summed E-state index contributed by atoms with van der Waals surface area (Å²) in [6.07, 6.45) is 2.90. The highest BCUT2D eigenvalue weighted by atomic mass is 16.6. The van der Waals surface area contributed by atoms with E-state index < -0.39 is 18.5 Å². The van der Waals surface area contributed by atoms with Crippen molar-refractivity contribution < 1.29 is 23.9 Å². The number of ether oxygens (including phenoxy) is 2. The highest BCUT2D eigenvalue weighted by Crippen LogP contribution is 2.18. The van der Waals surface area contributed by atoms with Crippen LogP contribution >= 0.6 is 0 Å². The van der Waals surface area contributed by atoms with Crippen LogP contribution in [0.1, 0.15) is 25.3 Å². The Morgan fingerprint density at radius 1 is 1.16 bits per heavy atom. The number of hydrogen-bond donors (Lipinski definition) is 1. The maximum atomic E-state index is 11.9. The summed E-state index contributed by atoms with van der Waals surface area (Å²) in [6, 6.07) is 7.66. The van der Waals surface area contributed by atoms with Crippen LogP contribution in [0.25, 0.3) is 0 Å². The third kappa shape index (κ3) is 6.82. The number of nitrogens with one attached hydrogen (secondary N) is 1. The van der Waals surface area contributed by atoms with Gasteiger partial charge < -0.3 is 19.7 Å². The first-order chi connectivity index (χ1) is 12.0. The summed E-state index contributed by atoms with van der Waals surface area (Å²) in [4.78, 5) is 36.4. The Morgan fingerprint density at radius 3 is 2.44 bits per heavy atom. The third-order valence-electron chi connectivity index (χ3n) is 3.79. The maximum absolute atomic E-state index is 11.9. The quantitative estimate of drug-likeness (QED) is 0.671. The second-order valence-electron chi connectivity index (χ2n) is 6.04. The first-order valence-electron chi connectivity index (χ1n) is 8.38. The number of hydrogen-bond acceptors (Lipinski definition) is 5. The molecule has 1 saturated carbocycles. The van der Waals surface area contributed by atoms with Crippen molar-refractivity contribution in [3.05, 3.63) is 29.8 Å². The molecule has 7 heteroatoms. The van der Waals surface area contributed by atoms with Crippen molar-refractivity contribution >= 4 is 17.8 Å². The number of amides is 2. The van der Waals surface area contributed by atoms with Gasteiger partial charge in [-0.3, -0.25) is 9.59 Å². The minimum absolute atomic E-state index is 0.0485. The fraction of sp³-hybridized carbons (Fsp3) is 0.500. The number of nitrogens with zero attached hydrogens (tertiary/aromatic N) is 1. The molecule has 0 aromatic heterocycles. The van der Waals surface area contributed by atoms with Crippen molar-refractivity contribution in [1.82, 2.24) is 10.2 Å². The van der Waals surface area contributed by atoms with Crippen molar-refractivity contribution in [3.63, 3.8) is 0 Å². The van der Waals surface area contributed by atoms with E-state index in [1.54, 1.807) is 12.1 Å². The highest BCUT2D eigenvalue weighted by Gasteiger charge is 2.24. The van der Waals surface area contributed by atoms with Gasteiger partial charge in [0.05, 0.1) is 6.54 Å². The lowest BCUT2D eigenvalue weighted by atomic mass is 10.2. The number of benzene rings is 1. The van der Waals surface area contributed by atoms with E-state index in [9.17, 15) is 14.4 Å². The van der Waals surface area contributed by atoms with E-state index >= 15 is 0 Å². The van der Waals surface area contributed by atoms with E-state index in [1.165, 1.54) is 17.5 Å². The van der Waals surface area contributed by atoms with Gasteiger partial charge in [-0.2, -0.15) is 0 Å². The molecule has 25 heavy (non-hydrogen) atoms. The van der Waals surface area contributed by atoms with E-state index in [0.717, 1.165) is 19.3 Å². The second kappa shape index (κ2) is 9.05. The van der Waals surface area contributed by atoms with Crippen LogP contribution in [-0.2, 0) is 25.5 Å². The molecular formula is C18H24N2O5. The summed E-state index contributed by atoms with van der Waals surface area (Å²) in [5.74, 6) is -0.715. The number of aryl methyl sites for hydroxylation is 1. The van der Waals surface area contributed by atoms with Crippen LogP contribution in [0.15, 0.2) is 24.3 Å². The van der Waals surface area contributed by atoms with Gasteiger partial charge in [0, 0.05) is 13.1 Å². The summed E-state index contributed by atoms with van der Waals surface area (Å²) in [6.45, 7) is 1.32. The van der Waals surface area contributed by atoms with E-state index in [0.29, 0.717) is 5.75 Å². The average molecular weight is 348 g/mol. The molecule has 2 rings (SSSR count). The number of carbonyl (C=O) groups is 3. The lowest BCUT2D eigenvalue weighted by molar-refractivity contribution is -0.153. The smallest absolute Gasteiger partial charge is 0.344 e. The minimum atomic E-state index is -0.635. The summed E-state index contributed by atoms with van der Waals surface area (Å²) in [7, 11) is 1.49. The first-order valence-corrected chi connectivity index (χ1v) is 8.38. The van der Waals surface area contributed by atoms with Gasteiger partial charge >= 0.3 is 5.97 Å². The molecule has 0 heterocycles. The molecule has 1 aliphatic carbocycles. The molecule has 7 nitrogen and oxygen atoms in total. The second-order valence-corrected chi connectivity index (χ2v) is 6.04. The average Bonchev–Trinajstić information content (AvgIpc) is 3.41. The summed E-state index contributed by atoms with van der Waals surface area (Å²) < 4.78 is 10.2. The molecule has 0 bridgehead atoms. The summed E-state index contributed by atoms with van der Waals surface area (Å²) in [5, 5.41) is 2.79. The highest BCUT2D eigenvalue weighted by molar-refractivity contribution is 5.86. The van der Waals surface area contributed by atoms with Gasteiger partial charge in [-0.05, 0) is 37.0 Å². The van der Waals surface area contributed by atoms with Crippen molar-refractivity contribution in [3.8, 4) is 5.75 Å². The maximum Gasteiger partial charge on any atom is 0.344 e. The van der Waals surface area contributed by atoms with Crippen LogP contribution in [0, 0.1) is 0 Å². The molecule has 0 unspecified atom stereocenters. The Balaban J connectivity index is 1.63. The van der Waals surface area contributed by atoms with Gasteiger partial charge in [0.2, 0.25) is 5.91 Å². The molecular weight excluding hydrogens is 324 g/mol. The minimum Gasteiger partial charge on any atom is -0.482 e. The molecule has 1 aliphatic rings. The Bertz CT molecular complexity index is 610. The van der Waals surface area contributed by atoms with Crippen LogP contribution in [0.2, 0.25) is 0 Å². The predicted molar refractivity (Wildman–Crippen MR) is 91.1 cm³/mol. The lowest BCUT2D eigenvalue weighted by Crippen LogP contribution is -2.40. The van der Waals surface area contributed by atoms with Crippen LogP contribution < -0.4 is 10.1 Å². The van der Waals surface area contributed by atoms with Crippen molar-refractivity contribution in [2.75, 3.05) is 26.8 Å². The molecule has 1 N–H and O–H groups in total. The van der Waals surface area contributed by atoms with Crippen molar-refractivity contribution in [2.24, 2.45) is 0 Å². The molecule has 0 spiro atoms. The zero-order valence-corrected chi connectivity index (χ0v) is 14.6. The molecule has 2 amide bonds. The number of carbonyl (C=O) groups excluding carboxylic acids is 3. The normalized spacial score (nSPS) is 13.0. The Labute approximate surface area is 147 Å². The van der Waals surface area contributed by atoms with Crippen LogP contribution in [-0.4, -0.2) is 55.5 Å². The monoisotopic (exact) mass is 348 g/mol. The van der Waals surface area contributed by atoms with Gasteiger partial charge in [-0.15, -0.1) is 0 Å². The summed E-state index contributed by atoms with van der Waals surface area (Å²) >= 11 is 0. The Morgan fingerprint density at radius 2 is 1.84 bits per heavy atom. The topological polar surface area (TPSA) is 84.9 Å². The molecule has 136 valence electrons. The Kier molecular flexibility index (Phi) is 6.80. The van der Waals surface area contributed by atoms with Gasteiger partial charge in [-0.25, -0.2) is 4.79 Å². The van der Waals surface area contributed by atoms with Gasteiger partial charge in [0.25, 0.3) is 5.91 Å². The third-order valence-corrected chi connectivity index (χ3v) is 3.79. The Hall–Kier alpha value is -2.57. The first kappa shape index (κ1) is 18.8. The largest absolute Gasteiger partial charge is 0.482 e. The number of rotatable bonds is 9. The fourth-order valence-electron chi connectivity index (χ4n) is 2.06.